The zero-order valence-corrected chi connectivity index (χ0v) is 19.7. The number of rotatable bonds is 10. The maximum atomic E-state index is 10.8. The van der Waals surface area contributed by atoms with Crippen molar-refractivity contribution >= 4 is 12.0 Å². The van der Waals surface area contributed by atoms with E-state index >= 15 is 0 Å². The van der Waals surface area contributed by atoms with Crippen molar-refractivity contribution in [2.45, 2.75) is 12.5 Å². The van der Waals surface area contributed by atoms with Gasteiger partial charge in [-0.05, 0) is 23.3 Å². The topological polar surface area (TPSA) is 120 Å². The molecule has 2 aromatic carbocycles. The number of carbonyl (C=O) groups is 2. The molecule has 35 heavy (non-hydrogen) atoms. The van der Waals surface area contributed by atoms with E-state index in [9.17, 15) is 14.8 Å². The number of amides is 2. The largest absolute Gasteiger partial charge is 0.480 e. The van der Waals surface area contributed by atoms with Crippen molar-refractivity contribution in [3.63, 3.8) is 0 Å². The molecule has 3 rings (SSSR count). The molecule has 2 aromatic rings. The Morgan fingerprint density at radius 3 is 2.31 bits per heavy atom. The minimum absolute atomic E-state index is 0.0637. The van der Waals surface area contributed by atoms with Gasteiger partial charge in [-0.15, -0.1) is 0 Å². The van der Waals surface area contributed by atoms with Crippen molar-refractivity contribution < 1.29 is 24.6 Å². The van der Waals surface area contributed by atoms with Crippen molar-refractivity contribution in [1.29, 1.82) is 0 Å². The number of primary amides is 1. The lowest BCUT2D eigenvalue weighted by Crippen LogP contribution is -2.48. The standard InChI is InChI=1S/C26H32N4O5/c27-26(33)30(34)13-5-4-6-21-9-11-23(12-10-21)25(22-7-2-1-3-8-22)29-16-14-28(15-17-29)18-19-35-20-24(31)32/h1-3,7-12,25,34H,5,13-20H2,(H2,27,33)(H,31,32). The highest BCUT2D eigenvalue weighted by molar-refractivity contribution is 5.70. The summed E-state index contributed by atoms with van der Waals surface area (Å²) < 4.78 is 5.18. The van der Waals surface area contributed by atoms with E-state index in [1.54, 1.807) is 0 Å². The highest BCUT2D eigenvalue weighted by Crippen LogP contribution is 2.29. The molecule has 186 valence electrons. The average molecular weight is 481 g/mol. The highest BCUT2D eigenvalue weighted by Gasteiger charge is 2.26. The van der Waals surface area contributed by atoms with Gasteiger partial charge in [-0.3, -0.25) is 15.0 Å². The van der Waals surface area contributed by atoms with E-state index in [0.717, 1.165) is 38.3 Å². The van der Waals surface area contributed by atoms with Crippen LogP contribution < -0.4 is 5.73 Å². The van der Waals surface area contributed by atoms with Gasteiger partial charge in [0.15, 0.2) is 0 Å². The molecule has 0 aliphatic carbocycles. The number of hydrogen-bond donors (Lipinski definition) is 3. The van der Waals surface area contributed by atoms with Crippen LogP contribution in [0.1, 0.15) is 29.2 Å². The van der Waals surface area contributed by atoms with Crippen LogP contribution in [0.5, 0.6) is 0 Å². The third-order valence-electron chi connectivity index (χ3n) is 5.83. The summed E-state index contributed by atoms with van der Waals surface area (Å²) in [7, 11) is 0. The molecule has 0 aromatic heterocycles. The fourth-order valence-corrected chi connectivity index (χ4v) is 4.03. The molecule has 1 fully saturated rings. The van der Waals surface area contributed by atoms with Gasteiger partial charge in [-0.25, -0.2) is 14.7 Å². The van der Waals surface area contributed by atoms with Crippen LogP contribution in [0, 0.1) is 11.8 Å². The molecule has 0 bridgehead atoms. The molecule has 1 saturated heterocycles. The number of nitrogens with two attached hydrogens (primary N) is 1. The van der Waals surface area contributed by atoms with E-state index in [-0.39, 0.29) is 19.2 Å². The molecule has 9 heteroatoms. The Balaban J connectivity index is 1.62. The first kappa shape index (κ1) is 26.2. The van der Waals surface area contributed by atoms with Gasteiger partial charge in [0, 0.05) is 44.7 Å². The van der Waals surface area contributed by atoms with Crippen molar-refractivity contribution in [1.82, 2.24) is 14.9 Å². The number of urea groups is 1. The molecule has 1 aliphatic heterocycles. The Labute approximate surface area is 205 Å². The normalized spacial score (nSPS) is 15.1. The number of carboxylic acid groups (broad SMARTS) is 1. The van der Waals surface area contributed by atoms with Gasteiger partial charge in [0.1, 0.15) is 6.61 Å². The number of hydroxylamine groups is 2. The van der Waals surface area contributed by atoms with Crippen molar-refractivity contribution in [2.75, 3.05) is 52.5 Å². The average Bonchev–Trinajstić information content (AvgIpc) is 2.87. The number of carboxylic acids is 1. The van der Waals surface area contributed by atoms with Crippen LogP contribution in [0.4, 0.5) is 4.79 Å². The first-order valence-electron chi connectivity index (χ1n) is 11.6. The predicted octanol–water partition coefficient (Wildman–Crippen LogP) is 2.01. The summed E-state index contributed by atoms with van der Waals surface area (Å²) in [5.74, 6) is 5.05. The lowest BCUT2D eigenvalue weighted by Gasteiger charge is -2.39. The number of piperazine rings is 1. The smallest absolute Gasteiger partial charge is 0.338 e. The summed E-state index contributed by atoms with van der Waals surface area (Å²) in [6, 6.07) is 17.8. The van der Waals surface area contributed by atoms with Crippen LogP contribution in [0.3, 0.4) is 0 Å². The van der Waals surface area contributed by atoms with Gasteiger partial charge < -0.3 is 15.6 Å². The van der Waals surface area contributed by atoms with Gasteiger partial charge in [0.05, 0.1) is 19.2 Å². The van der Waals surface area contributed by atoms with Crippen LogP contribution in [0.2, 0.25) is 0 Å². The molecular formula is C26H32N4O5. The minimum Gasteiger partial charge on any atom is -0.480 e. The van der Waals surface area contributed by atoms with Gasteiger partial charge in [-0.1, -0.05) is 54.3 Å². The maximum absolute atomic E-state index is 10.8. The van der Waals surface area contributed by atoms with E-state index in [1.807, 2.05) is 18.2 Å². The number of ether oxygens (including phenoxy) is 1. The van der Waals surface area contributed by atoms with Gasteiger partial charge >= 0.3 is 12.0 Å². The second kappa shape index (κ2) is 13.5. The Kier molecular flexibility index (Phi) is 10.1. The SMILES string of the molecule is NC(=O)N(O)CCC#Cc1ccc(C(c2ccccc2)N2CCN(CCOCC(=O)O)CC2)cc1. The lowest BCUT2D eigenvalue weighted by atomic mass is 9.95. The monoisotopic (exact) mass is 480 g/mol. The predicted molar refractivity (Wildman–Crippen MR) is 131 cm³/mol. The molecule has 2 amide bonds. The fourth-order valence-electron chi connectivity index (χ4n) is 4.03. The number of hydrogen-bond acceptors (Lipinski definition) is 6. The Hall–Kier alpha value is -3.42. The molecule has 1 atom stereocenters. The van der Waals surface area contributed by atoms with Crippen LogP contribution in [0.15, 0.2) is 54.6 Å². The van der Waals surface area contributed by atoms with E-state index in [1.165, 1.54) is 11.1 Å². The number of aliphatic carboxylic acids is 1. The van der Waals surface area contributed by atoms with E-state index in [0.29, 0.717) is 18.1 Å². The summed E-state index contributed by atoms with van der Waals surface area (Å²) in [6.45, 7) is 4.48. The van der Waals surface area contributed by atoms with Gasteiger partial charge in [0.2, 0.25) is 0 Å². The van der Waals surface area contributed by atoms with Crippen LogP contribution in [-0.2, 0) is 9.53 Å². The van der Waals surface area contributed by atoms with E-state index in [2.05, 4.69) is 58.0 Å². The Morgan fingerprint density at radius 2 is 1.69 bits per heavy atom. The van der Waals surface area contributed by atoms with Gasteiger partial charge in [0.25, 0.3) is 0 Å². The molecule has 0 spiro atoms. The molecule has 1 heterocycles. The van der Waals surface area contributed by atoms with Crippen LogP contribution in [0.25, 0.3) is 0 Å². The molecular weight excluding hydrogens is 448 g/mol. The van der Waals surface area contributed by atoms with Crippen LogP contribution >= 0.6 is 0 Å². The van der Waals surface area contributed by atoms with Crippen molar-refractivity contribution in [2.24, 2.45) is 5.73 Å². The van der Waals surface area contributed by atoms with E-state index < -0.39 is 12.0 Å². The van der Waals surface area contributed by atoms with Crippen molar-refractivity contribution in [3.05, 3.63) is 71.3 Å². The van der Waals surface area contributed by atoms with Gasteiger partial charge in [-0.2, -0.15) is 0 Å². The zero-order chi connectivity index (χ0) is 25.0. The number of benzene rings is 2. The minimum atomic E-state index is -0.947. The fraction of sp³-hybridized carbons (Fsp3) is 0.385. The first-order chi connectivity index (χ1) is 16.9. The molecule has 1 unspecified atom stereocenters. The number of nitrogens with zero attached hydrogens (tertiary/aromatic N) is 3. The summed E-state index contributed by atoms with van der Waals surface area (Å²) in [5, 5.41) is 18.4. The molecule has 4 N–H and O–H groups in total. The quantitative estimate of drug-likeness (QED) is 0.206. The third kappa shape index (κ3) is 8.38. The molecule has 0 saturated carbocycles. The highest BCUT2D eigenvalue weighted by atomic mass is 16.5. The zero-order valence-electron chi connectivity index (χ0n) is 19.7. The summed E-state index contributed by atoms with van der Waals surface area (Å²) in [5.41, 5.74) is 8.24. The molecule has 9 nitrogen and oxygen atoms in total. The first-order valence-corrected chi connectivity index (χ1v) is 11.6. The van der Waals surface area contributed by atoms with Crippen LogP contribution in [-0.4, -0.2) is 89.7 Å². The Bertz CT molecular complexity index is 1010. The maximum Gasteiger partial charge on any atom is 0.338 e. The second-order valence-electron chi connectivity index (χ2n) is 8.27. The second-order valence-corrected chi connectivity index (χ2v) is 8.27. The molecule has 0 radical (unpaired) electrons. The van der Waals surface area contributed by atoms with E-state index in [4.69, 9.17) is 15.6 Å². The summed E-state index contributed by atoms with van der Waals surface area (Å²) in [4.78, 5) is 26.2. The molecule has 1 aliphatic rings. The number of carbonyl (C=O) groups excluding carboxylic acids is 1. The Morgan fingerprint density at radius 1 is 1.03 bits per heavy atom. The lowest BCUT2D eigenvalue weighted by molar-refractivity contribution is -0.142. The third-order valence-corrected chi connectivity index (χ3v) is 5.83. The summed E-state index contributed by atoms with van der Waals surface area (Å²) >= 11 is 0. The van der Waals surface area contributed by atoms with Crippen molar-refractivity contribution in [3.8, 4) is 11.8 Å². The summed E-state index contributed by atoms with van der Waals surface area (Å²) in [6.07, 6.45) is 0.319.